The van der Waals surface area contributed by atoms with Crippen LogP contribution >= 0.6 is 11.6 Å². The summed E-state index contributed by atoms with van der Waals surface area (Å²) in [6.45, 7) is 6.63. The van der Waals surface area contributed by atoms with Gasteiger partial charge in [0.05, 0.1) is 17.5 Å². The number of benzene rings is 1. The summed E-state index contributed by atoms with van der Waals surface area (Å²) in [7, 11) is 0. The van der Waals surface area contributed by atoms with Crippen molar-refractivity contribution in [1.29, 1.82) is 0 Å². The summed E-state index contributed by atoms with van der Waals surface area (Å²) < 4.78 is 7.61. The van der Waals surface area contributed by atoms with E-state index in [1.165, 1.54) is 0 Å². The predicted octanol–water partition coefficient (Wildman–Crippen LogP) is 2.70. The summed E-state index contributed by atoms with van der Waals surface area (Å²) in [5, 5.41) is 2.78. The molecule has 0 atom stereocenters. The molecule has 1 aromatic heterocycles. The Kier molecular flexibility index (Phi) is 5.07. The Labute approximate surface area is 129 Å². The van der Waals surface area contributed by atoms with Crippen molar-refractivity contribution in [2.45, 2.75) is 39.3 Å². The predicted molar refractivity (Wildman–Crippen MR) is 83.7 cm³/mol. The molecule has 0 saturated heterocycles. The van der Waals surface area contributed by atoms with Crippen molar-refractivity contribution in [3.8, 4) is 5.75 Å². The van der Waals surface area contributed by atoms with Crippen molar-refractivity contribution >= 4 is 28.5 Å². The first-order chi connectivity index (χ1) is 10.1. The number of ether oxygens (including phenoxy) is 1. The highest BCUT2D eigenvalue weighted by Crippen LogP contribution is 2.27. The molecule has 0 aliphatic rings. The van der Waals surface area contributed by atoms with Crippen LogP contribution in [0.1, 0.15) is 26.6 Å². The van der Waals surface area contributed by atoms with E-state index in [4.69, 9.17) is 16.3 Å². The lowest BCUT2D eigenvalue weighted by Crippen LogP contribution is -2.27. The third-order valence-corrected chi connectivity index (χ3v) is 3.22. The monoisotopic (exact) mass is 309 g/mol. The number of nitrogens with one attached hydrogen (secondary N) is 1. The van der Waals surface area contributed by atoms with Crippen molar-refractivity contribution in [2.24, 2.45) is 0 Å². The van der Waals surface area contributed by atoms with Gasteiger partial charge >= 0.3 is 0 Å². The zero-order chi connectivity index (χ0) is 15.4. The molecular formula is C15H20ClN3O2. The average Bonchev–Trinajstić information content (AvgIpc) is 2.78. The second-order valence-corrected chi connectivity index (χ2v) is 5.26. The zero-order valence-electron chi connectivity index (χ0n) is 12.5. The van der Waals surface area contributed by atoms with E-state index in [0.717, 1.165) is 11.0 Å². The second-order valence-electron chi connectivity index (χ2n) is 4.99. The number of alkyl halides is 1. The number of imidazole rings is 1. The molecule has 114 valence electrons. The number of para-hydroxylation sites is 1. The molecule has 0 radical (unpaired) electrons. The maximum atomic E-state index is 11.9. The van der Waals surface area contributed by atoms with Gasteiger partial charge in [0.25, 0.3) is 0 Å². The normalized spacial score (nSPS) is 11.1. The number of hydrogen-bond donors (Lipinski definition) is 1. The first-order valence-corrected chi connectivity index (χ1v) is 7.57. The van der Waals surface area contributed by atoms with Gasteiger partial charge in [-0.1, -0.05) is 6.07 Å². The van der Waals surface area contributed by atoms with Gasteiger partial charge < -0.3 is 14.6 Å². The van der Waals surface area contributed by atoms with Crippen LogP contribution in [0.5, 0.6) is 5.75 Å². The van der Waals surface area contributed by atoms with E-state index in [0.29, 0.717) is 18.1 Å². The minimum absolute atomic E-state index is 0.0571. The van der Waals surface area contributed by atoms with Crippen LogP contribution in [0, 0.1) is 0 Å². The smallest absolute Gasteiger partial charge is 0.239 e. The molecule has 1 amide bonds. The fourth-order valence-electron chi connectivity index (χ4n) is 2.19. The van der Waals surface area contributed by atoms with Crippen LogP contribution in [-0.4, -0.2) is 28.1 Å². The summed E-state index contributed by atoms with van der Waals surface area (Å²) in [6.07, 6.45) is 0.0589. The van der Waals surface area contributed by atoms with Crippen LogP contribution in [0.15, 0.2) is 18.2 Å². The summed E-state index contributed by atoms with van der Waals surface area (Å²) in [6, 6.07) is 5.70. The lowest BCUT2D eigenvalue weighted by atomic mass is 10.3. The average molecular weight is 310 g/mol. The number of hydrogen-bond acceptors (Lipinski definition) is 3. The fourth-order valence-corrected chi connectivity index (χ4v) is 2.40. The van der Waals surface area contributed by atoms with Gasteiger partial charge in [-0.15, -0.1) is 11.6 Å². The molecule has 21 heavy (non-hydrogen) atoms. The number of nitrogens with zero attached hydrogens (tertiary/aromatic N) is 2. The summed E-state index contributed by atoms with van der Waals surface area (Å²) in [5.74, 6) is 1.56. The Morgan fingerprint density at radius 3 is 2.86 bits per heavy atom. The molecule has 6 heteroatoms. The van der Waals surface area contributed by atoms with Gasteiger partial charge in [0.1, 0.15) is 23.6 Å². The number of amides is 1. The highest BCUT2D eigenvalue weighted by Gasteiger charge is 2.16. The Morgan fingerprint density at radius 1 is 1.48 bits per heavy atom. The molecule has 2 rings (SSSR count). The third kappa shape index (κ3) is 3.47. The molecule has 5 nitrogen and oxygen atoms in total. The van der Waals surface area contributed by atoms with Crippen molar-refractivity contribution in [3.63, 3.8) is 0 Å². The third-order valence-electron chi connectivity index (χ3n) is 2.98. The maximum Gasteiger partial charge on any atom is 0.239 e. The lowest BCUT2D eigenvalue weighted by Gasteiger charge is -2.10. The molecule has 2 aromatic rings. The molecule has 0 fully saturated rings. The summed E-state index contributed by atoms with van der Waals surface area (Å²) in [4.78, 5) is 16.4. The van der Waals surface area contributed by atoms with Crippen LogP contribution in [0.2, 0.25) is 0 Å². The molecule has 0 aliphatic carbocycles. The second kappa shape index (κ2) is 6.80. The van der Waals surface area contributed by atoms with E-state index in [2.05, 4.69) is 10.3 Å². The van der Waals surface area contributed by atoms with Crippen molar-refractivity contribution < 1.29 is 9.53 Å². The number of carbonyl (C=O) groups excluding carboxylic acids is 1. The van der Waals surface area contributed by atoms with E-state index >= 15 is 0 Å². The summed E-state index contributed by atoms with van der Waals surface area (Å²) in [5.41, 5.74) is 1.60. The topological polar surface area (TPSA) is 56.2 Å². The Hall–Kier alpha value is -1.75. The van der Waals surface area contributed by atoms with E-state index in [1.54, 1.807) is 0 Å². The van der Waals surface area contributed by atoms with Crippen LogP contribution in [0.3, 0.4) is 0 Å². The van der Waals surface area contributed by atoms with Crippen LogP contribution < -0.4 is 10.1 Å². The highest BCUT2D eigenvalue weighted by atomic mass is 35.5. The SMILES string of the molecule is CCNC(=O)Cn1c(CCl)nc2c(OC(C)C)cccc21. The van der Waals surface area contributed by atoms with E-state index in [-0.39, 0.29) is 24.4 Å². The van der Waals surface area contributed by atoms with Crippen LogP contribution in [-0.2, 0) is 17.2 Å². The quantitative estimate of drug-likeness (QED) is 0.835. The Morgan fingerprint density at radius 2 is 2.24 bits per heavy atom. The van der Waals surface area contributed by atoms with Gasteiger partial charge in [0.2, 0.25) is 5.91 Å². The van der Waals surface area contributed by atoms with Crippen molar-refractivity contribution in [1.82, 2.24) is 14.9 Å². The molecule has 1 N–H and O–H groups in total. The molecule has 0 aliphatic heterocycles. The van der Waals surface area contributed by atoms with Gasteiger partial charge in [-0.25, -0.2) is 4.98 Å². The first-order valence-electron chi connectivity index (χ1n) is 7.04. The minimum atomic E-state index is -0.0571. The Bertz CT molecular complexity index is 637. The molecule has 1 aromatic carbocycles. The van der Waals surface area contributed by atoms with E-state index in [9.17, 15) is 4.79 Å². The molecule has 1 heterocycles. The highest BCUT2D eigenvalue weighted by molar-refractivity contribution is 6.17. The van der Waals surface area contributed by atoms with Crippen LogP contribution in [0.25, 0.3) is 11.0 Å². The lowest BCUT2D eigenvalue weighted by molar-refractivity contribution is -0.121. The van der Waals surface area contributed by atoms with Gasteiger partial charge in [-0.05, 0) is 32.9 Å². The number of likely N-dealkylation sites (N-methyl/N-ethyl adjacent to an activating group) is 1. The number of fused-ring (bicyclic) bond motifs is 1. The minimum Gasteiger partial charge on any atom is -0.489 e. The number of halogens is 1. The molecular weight excluding hydrogens is 290 g/mol. The number of carbonyl (C=O) groups is 1. The number of rotatable bonds is 6. The van der Waals surface area contributed by atoms with E-state index < -0.39 is 0 Å². The standard InChI is InChI=1S/C15H20ClN3O2/c1-4-17-14(20)9-19-11-6-5-7-12(21-10(2)3)15(11)18-13(19)8-16/h5-7,10H,4,8-9H2,1-3H3,(H,17,20). The van der Waals surface area contributed by atoms with Gasteiger partial charge in [-0.2, -0.15) is 0 Å². The molecule has 0 spiro atoms. The van der Waals surface area contributed by atoms with Crippen LogP contribution in [0.4, 0.5) is 0 Å². The fraction of sp³-hybridized carbons (Fsp3) is 0.467. The molecule has 0 bridgehead atoms. The van der Waals surface area contributed by atoms with Crippen molar-refractivity contribution in [2.75, 3.05) is 6.54 Å². The summed E-state index contributed by atoms with van der Waals surface area (Å²) >= 11 is 5.97. The van der Waals surface area contributed by atoms with Gasteiger partial charge in [0, 0.05) is 6.54 Å². The van der Waals surface area contributed by atoms with Gasteiger partial charge in [-0.3, -0.25) is 4.79 Å². The van der Waals surface area contributed by atoms with E-state index in [1.807, 2.05) is 43.5 Å². The molecule has 0 unspecified atom stereocenters. The zero-order valence-corrected chi connectivity index (χ0v) is 13.3. The maximum absolute atomic E-state index is 11.9. The molecule has 0 saturated carbocycles. The Balaban J connectivity index is 2.46. The number of aromatic nitrogens is 2. The first kappa shape index (κ1) is 15.6. The van der Waals surface area contributed by atoms with Gasteiger partial charge in [0.15, 0.2) is 0 Å². The largest absolute Gasteiger partial charge is 0.489 e. The van der Waals surface area contributed by atoms with Crippen molar-refractivity contribution in [3.05, 3.63) is 24.0 Å².